The SMILES string of the molecule is Cc1cc(OCCCCn2c(C3CC(=O)N(c4ccccc4F)C3)nc3ccccc32)ccc1Cl. The van der Waals surface area contributed by atoms with E-state index in [1.807, 2.05) is 43.3 Å². The maximum absolute atomic E-state index is 14.4. The molecule has 0 bridgehead atoms. The van der Waals surface area contributed by atoms with Crippen LogP contribution in [0.25, 0.3) is 11.0 Å². The number of para-hydroxylation sites is 3. The Bertz CT molecular complexity index is 1370. The third-order valence-corrected chi connectivity index (χ3v) is 6.92. The van der Waals surface area contributed by atoms with Crippen LogP contribution in [0.15, 0.2) is 66.7 Å². The number of benzene rings is 3. The molecule has 0 aliphatic carbocycles. The number of nitrogens with zero attached hydrogens (tertiary/aromatic N) is 3. The van der Waals surface area contributed by atoms with Gasteiger partial charge in [-0.05, 0) is 67.8 Å². The minimum Gasteiger partial charge on any atom is -0.494 e. The number of unbranched alkanes of at least 4 members (excludes halogenated alkanes) is 1. The molecule has 5 rings (SSSR count). The number of rotatable bonds is 8. The molecule has 5 nitrogen and oxygen atoms in total. The number of carbonyl (C=O) groups is 1. The van der Waals surface area contributed by atoms with Crippen LogP contribution in [0.5, 0.6) is 5.75 Å². The number of aromatic nitrogens is 2. The van der Waals surface area contributed by atoms with E-state index in [1.165, 1.54) is 6.07 Å². The normalized spacial score (nSPS) is 15.8. The lowest BCUT2D eigenvalue weighted by Crippen LogP contribution is -2.25. The monoisotopic (exact) mass is 491 g/mol. The number of anilines is 1. The van der Waals surface area contributed by atoms with Crippen LogP contribution in [0.4, 0.5) is 10.1 Å². The van der Waals surface area contributed by atoms with Crippen LogP contribution < -0.4 is 9.64 Å². The molecular formula is C28H27ClFN3O2. The standard InChI is InChI=1S/C28H27ClFN3O2/c1-19-16-21(12-13-22(19)29)35-15-7-6-14-32-26-11-5-3-9-24(26)31-28(32)20-17-27(34)33(18-20)25-10-4-2-8-23(25)30/h2-5,8-13,16,20H,6-7,14-15,17-18H2,1H3. The number of imidazole rings is 1. The lowest BCUT2D eigenvalue weighted by atomic mass is 10.1. The molecule has 35 heavy (non-hydrogen) atoms. The molecule has 180 valence electrons. The van der Waals surface area contributed by atoms with Crippen LogP contribution in [-0.2, 0) is 11.3 Å². The van der Waals surface area contributed by atoms with Gasteiger partial charge in [-0.3, -0.25) is 4.79 Å². The van der Waals surface area contributed by atoms with Crippen LogP contribution in [0.3, 0.4) is 0 Å². The minimum atomic E-state index is -0.383. The molecule has 0 saturated carbocycles. The smallest absolute Gasteiger partial charge is 0.227 e. The van der Waals surface area contributed by atoms with E-state index in [0.717, 1.165) is 52.6 Å². The fourth-order valence-electron chi connectivity index (χ4n) is 4.69. The van der Waals surface area contributed by atoms with E-state index in [2.05, 4.69) is 10.6 Å². The van der Waals surface area contributed by atoms with E-state index in [0.29, 0.717) is 25.3 Å². The predicted octanol–water partition coefficient (Wildman–Crippen LogP) is 6.52. The van der Waals surface area contributed by atoms with E-state index < -0.39 is 0 Å². The van der Waals surface area contributed by atoms with Crippen molar-refractivity contribution in [3.8, 4) is 5.75 Å². The van der Waals surface area contributed by atoms with Gasteiger partial charge in [0.1, 0.15) is 17.4 Å². The molecule has 0 spiro atoms. The highest BCUT2D eigenvalue weighted by molar-refractivity contribution is 6.31. The minimum absolute atomic E-state index is 0.0784. The molecule has 1 aliphatic rings. The van der Waals surface area contributed by atoms with Gasteiger partial charge in [0.25, 0.3) is 0 Å². The molecule has 0 N–H and O–H groups in total. The molecule has 1 atom stereocenters. The summed E-state index contributed by atoms with van der Waals surface area (Å²) in [6, 6.07) is 20.1. The Morgan fingerprint density at radius 1 is 1.09 bits per heavy atom. The van der Waals surface area contributed by atoms with Crippen molar-refractivity contribution >= 4 is 34.2 Å². The highest BCUT2D eigenvalue weighted by Crippen LogP contribution is 2.34. The molecular weight excluding hydrogens is 465 g/mol. The van der Waals surface area contributed by atoms with E-state index in [9.17, 15) is 9.18 Å². The summed E-state index contributed by atoms with van der Waals surface area (Å²) < 4.78 is 22.5. The summed E-state index contributed by atoms with van der Waals surface area (Å²) in [6.45, 7) is 3.75. The summed E-state index contributed by atoms with van der Waals surface area (Å²) in [5.74, 6) is 1.14. The van der Waals surface area contributed by atoms with Crippen LogP contribution in [0.2, 0.25) is 5.02 Å². The highest BCUT2D eigenvalue weighted by atomic mass is 35.5. The second-order valence-electron chi connectivity index (χ2n) is 8.93. The van der Waals surface area contributed by atoms with Crippen molar-refractivity contribution < 1.29 is 13.9 Å². The first-order valence-corrected chi connectivity index (χ1v) is 12.3. The summed E-state index contributed by atoms with van der Waals surface area (Å²) >= 11 is 6.09. The van der Waals surface area contributed by atoms with Gasteiger partial charge >= 0.3 is 0 Å². The second-order valence-corrected chi connectivity index (χ2v) is 9.34. The van der Waals surface area contributed by atoms with E-state index in [1.54, 1.807) is 23.1 Å². The van der Waals surface area contributed by atoms with Gasteiger partial charge in [0, 0.05) is 30.5 Å². The third kappa shape index (κ3) is 4.89. The number of ether oxygens (including phenoxy) is 1. The zero-order valence-electron chi connectivity index (χ0n) is 19.6. The van der Waals surface area contributed by atoms with Gasteiger partial charge < -0.3 is 14.2 Å². The maximum atomic E-state index is 14.4. The van der Waals surface area contributed by atoms with Crippen molar-refractivity contribution in [2.24, 2.45) is 0 Å². The van der Waals surface area contributed by atoms with E-state index >= 15 is 0 Å². The van der Waals surface area contributed by atoms with Gasteiger partial charge in [-0.15, -0.1) is 0 Å². The van der Waals surface area contributed by atoms with Gasteiger partial charge in [-0.25, -0.2) is 9.37 Å². The quantitative estimate of drug-likeness (QED) is 0.264. The maximum Gasteiger partial charge on any atom is 0.227 e. The molecule has 1 saturated heterocycles. The fraction of sp³-hybridized carbons (Fsp3) is 0.286. The predicted molar refractivity (Wildman–Crippen MR) is 137 cm³/mol. The Morgan fingerprint density at radius 3 is 2.71 bits per heavy atom. The molecule has 1 aliphatic heterocycles. The molecule has 1 aromatic heterocycles. The average Bonchev–Trinajstić information content (AvgIpc) is 3.42. The summed E-state index contributed by atoms with van der Waals surface area (Å²) in [6.07, 6.45) is 2.09. The Labute approximate surface area is 209 Å². The summed E-state index contributed by atoms with van der Waals surface area (Å²) in [4.78, 5) is 19.3. The molecule has 0 radical (unpaired) electrons. The first-order valence-electron chi connectivity index (χ1n) is 11.9. The van der Waals surface area contributed by atoms with Crippen molar-refractivity contribution in [2.75, 3.05) is 18.1 Å². The largest absolute Gasteiger partial charge is 0.494 e. The third-order valence-electron chi connectivity index (χ3n) is 6.49. The van der Waals surface area contributed by atoms with Gasteiger partial charge in [0.05, 0.1) is 23.3 Å². The van der Waals surface area contributed by atoms with Crippen molar-refractivity contribution in [3.63, 3.8) is 0 Å². The zero-order chi connectivity index (χ0) is 24.4. The lowest BCUT2D eigenvalue weighted by Gasteiger charge is -2.18. The molecule has 1 fully saturated rings. The fourth-order valence-corrected chi connectivity index (χ4v) is 4.81. The Kier molecular flexibility index (Phi) is 6.73. The summed E-state index contributed by atoms with van der Waals surface area (Å²) in [5.41, 5.74) is 3.28. The topological polar surface area (TPSA) is 47.4 Å². The molecule has 2 heterocycles. The van der Waals surface area contributed by atoms with Gasteiger partial charge in [0.15, 0.2) is 0 Å². The lowest BCUT2D eigenvalue weighted by molar-refractivity contribution is -0.117. The van der Waals surface area contributed by atoms with Crippen LogP contribution in [0.1, 0.15) is 36.6 Å². The Hall–Kier alpha value is -3.38. The molecule has 7 heteroatoms. The number of hydrogen-bond acceptors (Lipinski definition) is 3. The van der Waals surface area contributed by atoms with E-state index in [-0.39, 0.29) is 17.6 Å². The van der Waals surface area contributed by atoms with Crippen LogP contribution in [-0.4, -0.2) is 28.6 Å². The van der Waals surface area contributed by atoms with Crippen molar-refractivity contribution in [1.29, 1.82) is 0 Å². The van der Waals surface area contributed by atoms with Crippen molar-refractivity contribution in [1.82, 2.24) is 9.55 Å². The number of aryl methyl sites for hydroxylation is 2. The highest BCUT2D eigenvalue weighted by Gasteiger charge is 2.35. The summed E-state index contributed by atoms with van der Waals surface area (Å²) in [5, 5.41) is 0.732. The number of hydrogen-bond donors (Lipinski definition) is 0. The number of carbonyl (C=O) groups excluding carboxylic acids is 1. The van der Waals surface area contributed by atoms with Crippen LogP contribution in [0, 0.1) is 12.7 Å². The average molecular weight is 492 g/mol. The number of amides is 1. The Morgan fingerprint density at radius 2 is 1.89 bits per heavy atom. The number of fused-ring (bicyclic) bond motifs is 1. The van der Waals surface area contributed by atoms with E-state index in [4.69, 9.17) is 21.3 Å². The first kappa shape index (κ1) is 23.4. The van der Waals surface area contributed by atoms with Gasteiger partial charge in [-0.2, -0.15) is 0 Å². The summed E-state index contributed by atoms with van der Waals surface area (Å²) in [7, 11) is 0. The van der Waals surface area contributed by atoms with Gasteiger partial charge in [-0.1, -0.05) is 35.9 Å². The van der Waals surface area contributed by atoms with Crippen molar-refractivity contribution in [2.45, 2.75) is 38.6 Å². The van der Waals surface area contributed by atoms with Crippen molar-refractivity contribution in [3.05, 3.63) is 89.0 Å². The Balaban J connectivity index is 1.29. The molecule has 1 amide bonds. The molecule has 3 aromatic carbocycles. The zero-order valence-corrected chi connectivity index (χ0v) is 20.3. The molecule has 1 unspecified atom stereocenters. The van der Waals surface area contributed by atoms with Gasteiger partial charge in [0.2, 0.25) is 5.91 Å². The first-order chi connectivity index (χ1) is 17.0. The van der Waals surface area contributed by atoms with Crippen LogP contribution >= 0.6 is 11.6 Å². The molecule has 4 aromatic rings. The number of halogens is 2. The second kappa shape index (κ2) is 10.1.